The molecule has 3 nitrogen and oxygen atoms in total. The van der Waals surface area contributed by atoms with Crippen LogP contribution in [0, 0.1) is 0 Å². The molecule has 1 aliphatic carbocycles. The molecule has 0 aromatic heterocycles. The summed E-state index contributed by atoms with van der Waals surface area (Å²) in [7, 11) is 1.71. The molecular weight excluding hydrogens is 264 g/mol. The molecule has 0 radical (unpaired) electrons. The van der Waals surface area contributed by atoms with Crippen LogP contribution in [-0.4, -0.2) is 19.7 Å². The van der Waals surface area contributed by atoms with Crippen molar-refractivity contribution in [2.45, 2.75) is 18.9 Å². The van der Waals surface area contributed by atoms with Gasteiger partial charge < -0.3 is 9.47 Å². The smallest absolute Gasteiger partial charge is 0.330 e. The molecule has 21 heavy (non-hydrogen) atoms. The van der Waals surface area contributed by atoms with Gasteiger partial charge in [0.2, 0.25) is 0 Å². The number of ether oxygens (including phenoxy) is 2. The minimum absolute atomic E-state index is 0.281. The lowest BCUT2D eigenvalue weighted by Crippen LogP contribution is -2.03. The molecule has 0 heterocycles. The van der Waals surface area contributed by atoms with E-state index in [9.17, 15) is 4.79 Å². The Morgan fingerprint density at radius 3 is 2.67 bits per heavy atom. The fourth-order valence-corrected chi connectivity index (χ4v) is 2.26. The lowest BCUT2D eigenvalue weighted by atomic mass is 9.90. The second-order valence-corrected chi connectivity index (χ2v) is 4.97. The summed E-state index contributed by atoms with van der Waals surface area (Å²) >= 11 is 0. The van der Waals surface area contributed by atoms with Crippen molar-refractivity contribution in [2.24, 2.45) is 0 Å². The average molecular weight is 284 g/mol. The number of carbonyl (C=O) groups is 1. The molecule has 2 rings (SSSR count). The van der Waals surface area contributed by atoms with Crippen LogP contribution in [0.2, 0.25) is 0 Å². The molecule has 110 valence electrons. The molecule has 1 aromatic rings. The number of benzene rings is 1. The summed E-state index contributed by atoms with van der Waals surface area (Å²) < 4.78 is 10.1. The van der Waals surface area contributed by atoms with E-state index in [1.54, 1.807) is 7.11 Å². The van der Waals surface area contributed by atoms with Gasteiger partial charge >= 0.3 is 5.97 Å². The first-order chi connectivity index (χ1) is 10.2. The maximum atomic E-state index is 11.0. The van der Waals surface area contributed by atoms with Crippen LogP contribution in [0.5, 0.6) is 0 Å². The van der Waals surface area contributed by atoms with Crippen LogP contribution in [0.4, 0.5) is 0 Å². The summed E-state index contributed by atoms with van der Waals surface area (Å²) in [5, 5.41) is 0. The van der Waals surface area contributed by atoms with Gasteiger partial charge in [-0.1, -0.05) is 49.1 Å². The van der Waals surface area contributed by atoms with Crippen molar-refractivity contribution < 1.29 is 14.3 Å². The van der Waals surface area contributed by atoms with E-state index in [2.05, 4.69) is 36.9 Å². The zero-order valence-electron chi connectivity index (χ0n) is 12.2. The van der Waals surface area contributed by atoms with Gasteiger partial charge in [-0.3, -0.25) is 0 Å². The molecule has 0 fully saturated rings. The summed E-state index contributed by atoms with van der Waals surface area (Å²) in [6.45, 7) is 4.32. The van der Waals surface area contributed by atoms with Gasteiger partial charge in [-0.15, -0.1) is 0 Å². The van der Waals surface area contributed by atoms with Crippen LogP contribution in [0.25, 0.3) is 0 Å². The summed E-state index contributed by atoms with van der Waals surface area (Å²) in [5.74, 6) is 0.000446. The lowest BCUT2D eigenvalue weighted by molar-refractivity contribution is -0.138. The van der Waals surface area contributed by atoms with E-state index in [0.29, 0.717) is 12.5 Å². The largest absolute Gasteiger partial charge is 0.458 e. The van der Waals surface area contributed by atoms with Gasteiger partial charge in [-0.25, -0.2) is 4.79 Å². The molecule has 1 atom stereocenters. The molecule has 0 saturated carbocycles. The highest BCUT2D eigenvalue weighted by Gasteiger charge is 2.11. The Morgan fingerprint density at radius 1 is 1.33 bits per heavy atom. The van der Waals surface area contributed by atoms with Crippen LogP contribution in [0.15, 0.2) is 60.7 Å². The van der Waals surface area contributed by atoms with E-state index < -0.39 is 5.97 Å². The number of hydrogen-bond donors (Lipinski definition) is 0. The second-order valence-electron chi connectivity index (χ2n) is 4.97. The highest BCUT2D eigenvalue weighted by atomic mass is 16.5. The van der Waals surface area contributed by atoms with Crippen LogP contribution < -0.4 is 0 Å². The third-order valence-electron chi connectivity index (χ3n) is 3.44. The third kappa shape index (κ3) is 4.43. The van der Waals surface area contributed by atoms with Crippen molar-refractivity contribution in [3.63, 3.8) is 0 Å². The minimum Gasteiger partial charge on any atom is -0.458 e. The van der Waals surface area contributed by atoms with Crippen LogP contribution in [0.1, 0.15) is 23.5 Å². The number of methoxy groups -OCH3 is 1. The predicted octanol–water partition coefficient (Wildman–Crippen LogP) is 3.53. The molecule has 0 N–H and O–H groups in total. The second kappa shape index (κ2) is 7.60. The lowest BCUT2D eigenvalue weighted by Gasteiger charge is -2.16. The first-order valence-corrected chi connectivity index (χ1v) is 6.97. The normalized spacial score (nSPS) is 17.2. The predicted molar refractivity (Wildman–Crippen MR) is 82.9 cm³/mol. The number of esters is 1. The van der Waals surface area contributed by atoms with Gasteiger partial charge in [0.1, 0.15) is 6.61 Å². The van der Waals surface area contributed by atoms with E-state index in [-0.39, 0.29) is 6.61 Å². The fourth-order valence-electron chi connectivity index (χ4n) is 2.26. The Kier molecular flexibility index (Phi) is 5.52. The Hall–Kier alpha value is -2.13. The summed E-state index contributed by atoms with van der Waals surface area (Å²) in [5.41, 5.74) is 3.46. The van der Waals surface area contributed by atoms with Crippen molar-refractivity contribution in [1.29, 1.82) is 0 Å². The molecule has 0 spiro atoms. The molecule has 0 amide bonds. The first-order valence-electron chi connectivity index (χ1n) is 6.97. The number of hydrogen-bond acceptors (Lipinski definition) is 3. The fraction of sp³-hybridized carbons (Fsp3) is 0.278. The zero-order chi connectivity index (χ0) is 15.1. The third-order valence-corrected chi connectivity index (χ3v) is 3.44. The summed E-state index contributed by atoms with van der Waals surface area (Å²) in [6, 6.07) is 8.16. The van der Waals surface area contributed by atoms with Gasteiger partial charge in [0, 0.05) is 19.1 Å². The zero-order valence-corrected chi connectivity index (χ0v) is 12.2. The Morgan fingerprint density at radius 2 is 2.10 bits per heavy atom. The highest BCUT2D eigenvalue weighted by Crippen LogP contribution is 2.27. The molecule has 0 saturated heterocycles. The Bertz CT molecular complexity index is 552. The van der Waals surface area contributed by atoms with E-state index >= 15 is 0 Å². The topological polar surface area (TPSA) is 35.5 Å². The van der Waals surface area contributed by atoms with Crippen molar-refractivity contribution in [1.82, 2.24) is 0 Å². The van der Waals surface area contributed by atoms with Crippen LogP contribution >= 0.6 is 0 Å². The van der Waals surface area contributed by atoms with E-state index in [0.717, 1.165) is 12.0 Å². The van der Waals surface area contributed by atoms with E-state index in [4.69, 9.17) is 9.47 Å². The summed E-state index contributed by atoms with van der Waals surface area (Å²) in [6.07, 6.45) is 8.71. The minimum atomic E-state index is -0.398. The van der Waals surface area contributed by atoms with E-state index in [1.165, 1.54) is 17.2 Å². The number of rotatable bonds is 6. The average Bonchev–Trinajstić information content (AvgIpc) is 2.54. The van der Waals surface area contributed by atoms with Gasteiger partial charge in [-0.05, 0) is 23.1 Å². The SMILES string of the molecule is C=CC(=O)OCc1ccc(C2C=CC(COC)=CC2)cc1. The van der Waals surface area contributed by atoms with E-state index in [1.807, 2.05) is 12.1 Å². The van der Waals surface area contributed by atoms with Gasteiger partial charge in [0.05, 0.1) is 6.61 Å². The Labute approximate surface area is 125 Å². The molecule has 1 unspecified atom stereocenters. The van der Waals surface area contributed by atoms with Crippen molar-refractivity contribution in [3.8, 4) is 0 Å². The molecular formula is C18H20O3. The van der Waals surface area contributed by atoms with Crippen molar-refractivity contribution in [3.05, 3.63) is 71.8 Å². The number of carbonyl (C=O) groups excluding carboxylic acids is 1. The van der Waals surface area contributed by atoms with Crippen LogP contribution in [0.3, 0.4) is 0 Å². The van der Waals surface area contributed by atoms with Gasteiger partial charge in [-0.2, -0.15) is 0 Å². The Balaban J connectivity index is 1.93. The quantitative estimate of drug-likeness (QED) is 0.592. The summed E-state index contributed by atoms with van der Waals surface area (Å²) in [4.78, 5) is 11.0. The molecule has 0 aliphatic heterocycles. The molecule has 3 heteroatoms. The standard InChI is InChI=1S/C18H20O3/c1-3-18(19)21-13-15-6-10-17(11-7-15)16-8-4-14(5-9-16)12-20-2/h3-8,10-11,16H,1,9,12-13H2,2H3. The van der Waals surface area contributed by atoms with Crippen LogP contribution in [-0.2, 0) is 20.9 Å². The van der Waals surface area contributed by atoms with Crippen molar-refractivity contribution >= 4 is 5.97 Å². The first kappa shape index (κ1) is 15.3. The molecule has 1 aliphatic rings. The van der Waals surface area contributed by atoms with Gasteiger partial charge in [0.15, 0.2) is 0 Å². The highest BCUT2D eigenvalue weighted by molar-refractivity contribution is 5.81. The van der Waals surface area contributed by atoms with Gasteiger partial charge in [0.25, 0.3) is 0 Å². The molecule has 1 aromatic carbocycles. The number of allylic oxidation sites excluding steroid dienone is 2. The maximum absolute atomic E-state index is 11.0. The van der Waals surface area contributed by atoms with Crippen molar-refractivity contribution in [2.75, 3.05) is 13.7 Å². The molecule has 0 bridgehead atoms. The maximum Gasteiger partial charge on any atom is 0.330 e. The monoisotopic (exact) mass is 284 g/mol.